The molecule has 25 heavy (non-hydrogen) atoms. The monoisotopic (exact) mass is 349 g/mol. The first-order valence-corrected chi connectivity index (χ1v) is 10.4. The van der Waals surface area contributed by atoms with Gasteiger partial charge < -0.3 is 5.32 Å². The van der Waals surface area contributed by atoms with Crippen molar-refractivity contribution in [3.8, 4) is 0 Å². The molecule has 4 heteroatoms. The summed E-state index contributed by atoms with van der Waals surface area (Å²) in [5, 5.41) is 7.56. The van der Waals surface area contributed by atoms with Crippen LogP contribution >= 0.6 is 0 Å². The molecule has 144 valence electrons. The number of hydrogen-bond acceptors (Lipinski definition) is 2. The van der Waals surface area contributed by atoms with Gasteiger partial charge in [-0.2, -0.15) is 5.10 Å². The van der Waals surface area contributed by atoms with Gasteiger partial charge in [0.15, 0.2) is 0 Å². The lowest BCUT2D eigenvalue weighted by Crippen LogP contribution is -2.35. The van der Waals surface area contributed by atoms with Crippen LogP contribution in [-0.4, -0.2) is 21.7 Å². The van der Waals surface area contributed by atoms with E-state index in [0.29, 0.717) is 11.6 Å². The number of carbonyl (C=O) groups is 1. The molecule has 0 aliphatic rings. The van der Waals surface area contributed by atoms with E-state index in [4.69, 9.17) is 0 Å². The van der Waals surface area contributed by atoms with E-state index in [1.54, 1.807) is 4.68 Å². The molecule has 1 aromatic heterocycles. The molecule has 0 spiro atoms. The predicted octanol–water partition coefficient (Wildman–Crippen LogP) is 5.55. The number of unbranched alkanes of at least 4 members (excludes halogenated alkanes) is 8. The second-order valence-electron chi connectivity index (χ2n) is 7.38. The zero-order valence-electron chi connectivity index (χ0n) is 16.9. The van der Waals surface area contributed by atoms with Crippen molar-refractivity contribution in [1.29, 1.82) is 0 Å². The molecule has 1 rings (SSSR count). The van der Waals surface area contributed by atoms with E-state index < -0.39 is 0 Å². The highest BCUT2D eigenvalue weighted by molar-refractivity contribution is 5.95. The zero-order chi connectivity index (χ0) is 18.5. The van der Waals surface area contributed by atoms with Crippen molar-refractivity contribution in [1.82, 2.24) is 15.1 Å². The third-order valence-corrected chi connectivity index (χ3v) is 4.91. The Morgan fingerprint density at radius 1 is 1.00 bits per heavy atom. The minimum atomic E-state index is 0.0396. The molecule has 0 aliphatic heterocycles. The van der Waals surface area contributed by atoms with Gasteiger partial charge in [0.2, 0.25) is 0 Å². The van der Waals surface area contributed by atoms with Crippen LogP contribution in [0, 0.1) is 6.92 Å². The minimum Gasteiger partial charge on any atom is -0.349 e. The fraction of sp³-hybridized carbons (Fsp3) is 0.810. The Balaban J connectivity index is 2.47. The Kier molecular flexibility index (Phi) is 11.3. The number of hydrogen-bond donors (Lipinski definition) is 1. The molecule has 1 N–H and O–H groups in total. The number of aromatic nitrogens is 2. The van der Waals surface area contributed by atoms with Crippen molar-refractivity contribution in [2.24, 2.45) is 7.05 Å². The Morgan fingerprint density at radius 3 is 1.96 bits per heavy atom. The average Bonchev–Trinajstić information content (AvgIpc) is 2.92. The summed E-state index contributed by atoms with van der Waals surface area (Å²) in [7, 11) is 1.86. The molecule has 0 aliphatic carbocycles. The van der Waals surface area contributed by atoms with Gasteiger partial charge in [-0.1, -0.05) is 78.1 Å². The lowest BCUT2D eigenvalue weighted by molar-refractivity contribution is 0.0931. The van der Waals surface area contributed by atoms with E-state index in [-0.39, 0.29) is 5.91 Å². The first-order chi connectivity index (χ1) is 12.1. The summed E-state index contributed by atoms with van der Waals surface area (Å²) in [4.78, 5) is 12.6. The number of nitrogens with one attached hydrogen (secondary N) is 1. The molecule has 0 unspecified atom stereocenters. The summed E-state index contributed by atoms with van der Waals surface area (Å²) < 4.78 is 1.72. The Labute approximate surface area is 154 Å². The summed E-state index contributed by atoms with van der Waals surface area (Å²) in [6.45, 7) is 6.39. The average molecular weight is 350 g/mol. The van der Waals surface area contributed by atoms with Gasteiger partial charge >= 0.3 is 0 Å². The maximum absolute atomic E-state index is 12.6. The van der Waals surface area contributed by atoms with Gasteiger partial charge in [-0.15, -0.1) is 0 Å². The third-order valence-electron chi connectivity index (χ3n) is 4.91. The van der Waals surface area contributed by atoms with Crippen molar-refractivity contribution in [3.63, 3.8) is 0 Å². The van der Waals surface area contributed by atoms with E-state index in [9.17, 15) is 4.79 Å². The van der Waals surface area contributed by atoms with Crippen LogP contribution in [0.3, 0.4) is 0 Å². The summed E-state index contributed by atoms with van der Waals surface area (Å²) >= 11 is 0. The van der Waals surface area contributed by atoms with E-state index in [1.807, 2.05) is 20.2 Å². The molecule has 1 aromatic rings. The topological polar surface area (TPSA) is 46.9 Å². The van der Waals surface area contributed by atoms with Gasteiger partial charge in [-0.3, -0.25) is 9.48 Å². The van der Waals surface area contributed by atoms with Gasteiger partial charge in [0.1, 0.15) is 0 Å². The van der Waals surface area contributed by atoms with Gasteiger partial charge in [-0.05, 0) is 19.8 Å². The SMILES string of the molecule is CCCCCCCC(CCCCCCC)NC(=O)c1cn(C)nc1C. The van der Waals surface area contributed by atoms with E-state index in [2.05, 4.69) is 24.3 Å². The minimum absolute atomic E-state index is 0.0396. The van der Waals surface area contributed by atoms with Crippen molar-refractivity contribution in [2.75, 3.05) is 0 Å². The second-order valence-corrected chi connectivity index (χ2v) is 7.38. The number of aryl methyl sites for hydroxylation is 2. The zero-order valence-corrected chi connectivity index (χ0v) is 16.9. The van der Waals surface area contributed by atoms with Crippen LogP contribution in [0.5, 0.6) is 0 Å². The van der Waals surface area contributed by atoms with Crippen molar-refractivity contribution in [2.45, 2.75) is 104 Å². The maximum Gasteiger partial charge on any atom is 0.254 e. The summed E-state index contributed by atoms with van der Waals surface area (Å²) in [5.41, 5.74) is 1.52. The fourth-order valence-corrected chi connectivity index (χ4v) is 3.36. The molecule has 4 nitrogen and oxygen atoms in total. The molecule has 0 saturated heterocycles. The van der Waals surface area contributed by atoms with Gasteiger partial charge in [0.25, 0.3) is 5.91 Å². The number of rotatable bonds is 14. The smallest absolute Gasteiger partial charge is 0.254 e. The van der Waals surface area contributed by atoms with Gasteiger partial charge in [0, 0.05) is 19.3 Å². The first-order valence-electron chi connectivity index (χ1n) is 10.4. The molecular weight excluding hydrogens is 310 g/mol. The van der Waals surface area contributed by atoms with Crippen LogP contribution in [0.2, 0.25) is 0 Å². The van der Waals surface area contributed by atoms with Crippen LogP contribution < -0.4 is 5.32 Å². The van der Waals surface area contributed by atoms with Crippen molar-refractivity contribution < 1.29 is 4.79 Å². The quantitative estimate of drug-likeness (QED) is 0.448. The normalized spacial score (nSPS) is 11.2. The van der Waals surface area contributed by atoms with Gasteiger partial charge in [0.05, 0.1) is 11.3 Å². The van der Waals surface area contributed by atoms with E-state index in [1.165, 1.54) is 64.2 Å². The Morgan fingerprint density at radius 2 is 1.52 bits per heavy atom. The molecule has 1 heterocycles. The lowest BCUT2D eigenvalue weighted by Gasteiger charge is -2.19. The number of nitrogens with zero attached hydrogens (tertiary/aromatic N) is 2. The van der Waals surface area contributed by atoms with E-state index in [0.717, 1.165) is 18.5 Å². The summed E-state index contributed by atoms with van der Waals surface area (Å²) in [5.74, 6) is 0.0396. The lowest BCUT2D eigenvalue weighted by atomic mass is 10.00. The van der Waals surface area contributed by atoms with Crippen LogP contribution in [-0.2, 0) is 7.05 Å². The van der Waals surface area contributed by atoms with Crippen LogP contribution in [0.4, 0.5) is 0 Å². The highest BCUT2D eigenvalue weighted by atomic mass is 16.1. The molecular formula is C21H39N3O. The highest BCUT2D eigenvalue weighted by Gasteiger charge is 2.17. The molecule has 0 saturated carbocycles. The first kappa shape index (κ1) is 21.7. The highest BCUT2D eigenvalue weighted by Crippen LogP contribution is 2.15. The molecule has 0 atom stereocenters. The Hall–Kier alpha value is -1.32. The third kappa shape index (κ3) is 9.08. The Bertz CT molecular complexity index is 467. The second kappa shape index (κ2) is 13.0. The molecule has 0 fully saturated rings. The number of amides is 1. The molecule has 0 aromatic carbocycles. The largest absolute Gasteiger partial charge is 0.349 e. The van der Waals surface area contributed by atoms with Crippen LogP contribution in [0.15, 0.2) is 6.20 Å². The maximum atomic E-state index is 12.6. The summed E-state index contributed by atoms with van der Waals surface area (Å²) in [6.07, 6.45) is 16.8. The molecule has 0 radical (unpaired) electrons. The standard InChI is InChI=1S/C21H39N3O/c1-5-7-9-11-13-15-19(16-14-12-10-8-6-2)22-21(25)20-17-24(4)23-18(20)3/h17,19H,5-16H2,1-4H3,(H,22,25). The van der Waals surface area contributed by atoms with E-state index >= 15 is 0 Å². The summed E-state index contributed by atoms with van der Waals surface area (Å²) in [6, 6.07) is 0.301. The predicted molar refractivity (Wildman–Crippen MR) is 106 cm³/mol. The van der Waals surface area contributed by atoms with Crippen molar-refractivity contribution >= 4 is 5.91 Å². The van der Waals surface area contributed by atoms with Crippen LogP contribution in [0.1, 0.15) is 107 Å². The van der Waals surface area contributed by atoms with Crippen molar-refractivity contribution in [3.05, 3.63) is 17.5 Å². The molecule has 0 bridgehead atoms. The van der Waals surface area contributed by atoms with Gasteiger partial charge in [-0.25, -0.2) is 0 Å². The van der Waals surface area contributed by atoms with Crippen LogP contribution in [0.25, 0.3) is 0 Å². The molecule has 1 amide bonds. The fourth-order valence-electron chi connectivity index (χ4n) is 3.36. The number of carbonyl (C=O) groups excluding carboxylic acids is 1.